The molecule has 1 N–H and O–H groups in total. The standard InChI is InChI=1S/C12H16ClNO2S/c1-9(10-2-4-11(13)5-3-10)14-12-6-7-17(15,16)8-12/h2-5,9,12,14H,6-8H2,1H3/t9-,12?/m1/s1. The van der Waals surface area contributed by atoms with Crippen LogP contribution in [0.5, 0.6) is 0 Å². The Hall–Kier alpha value is -0.580. The minimum Gasteiger partial charge on any atom is -0.306 e. The summed E-state index contributed by atoms with van der Waals surface area (Å²) in [6.07, 6.45) is 0.709. The lowest BCUT2D eigenvalue weighted by molar-refractivity contribution is 0.485. The number of sulfone groups is 1. The van der Waals surface area contributed by atoms with Crippen LogP contribution in [0.2, 0.25) is 5.02 Å². The smallest absolute Gasteiger partial charge is 0.151 e. The molecule has 0 aromatic heterocycles. The number of hydrogen-bond acceptors (Lipinski definition) is 3. The molecule has 94 valence electrons. The Kier molecular flexibility index (Phi) is 3.76. The lowest BCUT2D eigenvalue weighted by Crippen LogP contribution is -2.32. The maximum absolute atomic E-state index is 11.3. The molecule has 17 heavy (non-hydrogen) atoms. The molecule has 1 heterocycles. The van der Waals surface area contributed by atoms with Gasteiger partial charge in [-0.1, -0.05) is 23.7 Å². The van der Waals surface area contributed by atoms with Crippen molar-refractivity contribution < 1.29 is 8.42 Å². The fourth-order valence-corrected chi connectivity index (χ4v) is 3.94. The molecule has 0 bridgehead atoms. The van der Waals surface area contributed by atoms with E-state index >= 15 is 0 Å². The molecule has 1 fully saturated rings. The van der Waals surface area contributed by atoms with E-state index in [1.165, 1.54) is 0 Å². The lowest BCUT2D eigenvalue weighted by atomic mass is 10.1. The number of benzene rings is 1. The highest BCUT2D eigenvalue weighted by molar-refractivity contribution is 7.91. The second-order valence-electron chi connectivity index (χ2n) is 4.54. The van der Waals surface area contributed by atoms with E-state index in [1.807, 2.05) is 31.2 Å². The molecule has 0 aliphatic carbocycles. The van der Waals surface area contributed by atoms with E-state index in [-0.39, 0.29) is 17.8 Å². The number of hydrogen-bond donors (Lipinski definition) is 1. The van der Waals surface area contributed by atoms with Gasteiger partial charge in [0.1, 0.15) is 0 Å². The van der Waals surface area contributed by atoms with Gasteiger partial charge in [0.15, 0.2) is 9.84 Å². The van der Waals surface area contributed by atoms with Gasteiger partial charge in [0, 0.05) is 17.1 Å². The Morgan fingerprint density at radius 3 is 2.53 bits per heavy atom. The molecular weight excluding hydrogens is 258 g/mol. The zero-order chi connectivity index (χ0) is 12.5. The average molecular weight is 274 g/mol. The molecule has 2 rings (SSSR count). The van der Waals surface area contributed by atoms with Gasteiger partial charge in [0.2, 0.25) is 0 Å². The summed E-state index contributed by atoms with van der Waals surface area (Å²) in [6.45, 7) is 2.04. The summed E-state index contributed by atoms with van der Waals surface area (Å²) >= 11 is 5.82. The molecule has 1 aromatic carbocycles. The summed E-state index contributed by atoms with van der Waals surface area (Å²) in [5, 5.41) is 4.06. The highest BCUT2D eigenvalue weighted by atomic mass is 35.5. The molecule has 3 nitrogen and oxygen atoms in total. The maximum Gasteiger partial charge on any atom is 0.151 e. The van der Waals surface area contributed by atoms with Crippen LogP contribution >= 0.6 is 11.6 Å². The summed E-state index contributed by atoms with van der Waals surface area (Å²) < 4.78 is 22.7. The fraction of sp³-hybridized carbons (Fsp3) is 0.500. The summed E-state index contributed by atoms with van der Waals surface area (Å²) in [6, 6.07) is 7.84. The van der Waals surface area contributed by atoms with Crippen LogP contribution in [0.3, 0.4) is 0 Å². The normalized spacial score (nSPS) is 24.7. The summed E-state index contributed by atoms with van der Waals surface area (Å²) in [5.41, 5.74) is 1.12. The molecule has 2 atom stereocenters. The third-order valence-electron chi connectivity index (χ3n) is 3.09. The van der Waals surface area contributed by atoms with Crippen molar-refractivity contribution >= 4 is 21.4 Å². The Morgan fingerprint density at radius 2 is 2.00 bits per heavy atom. The number of nitrogens with one attached hydrogen (secondary N) is 1. The zero-order valence-electron chi connectivity index (χ0n) is 9.69. The van der Waals surface area contributed by atoms with E-state index in [4.69, 9.17) is 11.6 Å². The second-order valence-corrected chi connectivity index (χ2v) is 7.21. The minimum absolute atomic E-state index is 0.0747. The molecule has 1 aliphatic rings. The molecule has 1 unspecified atom stereocenters. The number of rotatable bonds is 3. The lowest BCUT2D eigenvalue weighted by Gasteiger charge is -2.18. The Bertz CT molecular complexity index is 484. The van der Waals surface area contributed by atoms with Gasteiger partial charge in [-0.3, -0.25) is 0 Å². The van der Waals surface area contributed by atoms with Crippen molar-refractivity contribution in [1.29, 1.82) is 0 Å². The largest absolute Gasteiger partial charge is 0.306 e. The van der Waals surface area contributed by atoms with E-state index in [0.29, 0.717) is 17.2 Å². The Balaban J connectivity index is 1.98. The first kappa shape index (κ1) is 12.9. The van der Waals surface area contributed by atoms with Crippen molar-refractivity contribution in [3.05, 3.63) is 34.9 Å². The fourth-order valence-electron chi connectivity index (χ4n) is 2.13. The van der Waals surface area contributed by atoms with E-state index in [1.54, 1.807) is 0 Å². The van der Waals surface area contributed by atoms with Crippen LogP contribution in [0.1, 0.15) is 24.9 Å². The average Bonchev–Trinajstić information content (AvgIpc) is 2.59. The van der Waals surface area contributed by atoms with Crippen LogP contribution in [0.15, 0.2) is 24.3 Å². The van der Waals surface area contributed by atoms with E-state index < -0.39 is 9.84 Å². The molecule has 1 saturated heterocycles. The van der Waals surface area contributed by atoms with Gasteiger partial charge in [0.05, 0.1) is 11.5 Å². The van der Waals surface area contributed by atoms with Crippen molar-refractivity contribution in [1.82, 2.24) is 5.32 Å². The van der Waals surface area contributed by atoms with Crippen LogP contribution in [0, 0.1) is 0 Å². The second kappa shape index (κ2) is 4.96. The van der Waals surface area contributed by atoms with Gasteiger partial charge >= 0.3 is 0 Å². The third-order valence-corrected chi connectivity index (χ3v) is 5.11. The first-order valence-electron chi connectivity index (χ1n) is 5.68. The van der Waals surface area contributed by atoms with Crippen LogP contribution < -0.4 is 5.32 Å². The molecule has 1 aromatic rings. The van der Waals surface area contributed by atoms with Crippen LogP contribution in [0.25, 0.3) is 0 Å². The summed E-state index contributed by atoms with van der Waals surface area (Å²) in [4.78, 5) is 0. The minimum atomic E-state index is -2.81. The van der Waals surface area contributed by atoms with Gasteiger partial charge in [-0.15, -0.1) is 0 Å². The topological polar surface area (TPSA) is 46.2 Å². The van der Waals surface area contributed by atoms with Gasteiger partial charge in [-0.25, -0.2) is 8.42 Å². The molecule has 1 aliphatic heterocycles. The van der Waals surface area contributed by atoms with Crippen molar-refractivity contribution in [2.24, 2.45) is 0 Å². The first-order valence-corrected chi connectivity index (χ1v) is 7.88. The monoisotopic (exact) mass is 273 g/mol. The Morgan fingerprint density at radius 1 is 1.35 bits per heavy atom. The molecule has 0 amide bonds. The van der Waals surface area contributed by atoms with Gasteiger partial charge < -0.3 is 5.32 Å². The highest BCUT2D eigenvalue weighted by Crippen LogP contribution is 2.19. The predicted molar refractivity (Wildman–Crippen MR) is 70.1 cm³/mol. The maximum atomic E-state index is 11.3. The van der Waals surface area contributed by atoms with Crippen molar-refractivity contribution in [2.45, 2.75) is 25.4 Å². The third kappa shape index (κ3) is 3.44. The number of halogens is 1. The summed E-state index contributed by atoms with van der Waals surface area (Å²) in [7, 11) is -2.81. The van der Waals surface area contributed by atoms with Crippen molar-refractivity contribution in [3.8, 4) is 0 Å². The van der Waals surface area contributed by atoms with Crippen molar-refractivity contribution in [3.63, 3.8) is 0 Å². The van der Waals surface area contributed by atoms with E-state index in [0.717, 1.165) is 5.56 Å². The van der Waals surface area contributed by atoms with E-state index in [9.17, 15) is 8.42 Å². The predicted octanol–water partition coefficient (Wildman–Crippen LogP) is 2.18. The molecule has 0 radical (unpaired) electrons. The molecule has 0 saturated carbocycles. The molecule has 0 spiro atoms. The van der Waals surface area contributed by atoms with Crippen LogP contribution in [0.4, 0.5) is 0 Å². The quantitative estimate of drug-likeness (QED) is 0.918. The van der Waals surface area contributed by atoms with Crippen LogP contribution in [-0.2, 0) is 9.84 Å². The van der Waals surface area contributed by atoms with Gasteiger partial charge in [-0.2, -0.15) is 0 Å². The summed E-state index contributed by atoms with van der Waals surface area (Å²) in [5.74, 6) is 0.558. The van der Waals surface area contributed by atoms with Gasteiger partial charge in [0.25, 0.3) is 0 Å². The Labute approximate surface area is 107 Å². The van der Waals surface area contributed by atoms with Gasteiger partial charge in [-0.05, 0) is 31.0 Å². The van der Waals surface area contributed by atoms with E-state index in [2.05, 4.69) is 5.32 Å². The highest BCUT2D eigenvalue weighted by Gasteiger charge is 2.28. The zero-order valence-corrected chi connectivity index (χ0v) is 11.3. The van der Waals surface area contributed by atoms with Crippen LogP contribution in [-0.4, -0.2) is 26.0 Å². The molecular formula is C12H16ClNO2S. The van der Waals surface area contributed by atoms with Crippen molar-refractivity contribution in [2.75, 3.05) is 11.5 Å². The first-order chi connectivity index (χ1) is 7.96. The molecule has 5 heteroatoms. The SMILES string of the molecule is C[C@@H](NC1CCS(=O)(=O)C1)c1ccc(Cl)cc1.